The topological polar surface area (TPSA) is 26.3 Å². The highest BCUT2D eigenvalue weighted by atomic mass is 127. The maximum atomic E-state index is 6.01. The average Bonchev–Trinajstić information content (AvgIpc) is 3.27. The zero-order chi connectivity index (χ0) is 16.9. The molecule has 0 amide bonds. The van der Waals surface area contributed by atoms with E-state index in [0.717, 1.165) is 31.9 Å². The van der Waals surface area contributed by atoms with Crippen LogP contribution in [-0.2, 0) is 12.8 Å². The minimum Gasteiger partial charge on any atom is -0.423 e. The average molecular weight is 441 g/mol. The zero-order valence-electron chi connectivity index (χ0n) is 13.7. The van der Waals surface area contributed by atoms with Crippen LogP contribution in [-0.4, -0.2) is 0 Å². The second-order valence-corrected chi connectivity index (χ2v) is 8.50. The first kappa shape index (κ1) is 16.2. The lowest BCUT2D eigenvalue weighted by Gasteiger charge is -1.96. The van der Waals surface area contributed by atoms with Crippen LogP contribution >= 0.6 is 0 Å². The van der Waals surface area contributed by atoms with E-state index in [2.05, 4.69) is 72.8 Å². The van der Waals surface area contributed by atoms with Crippen molar-refractivity contribution in [3.63, 3.8) is 0 Å². The maximum Gasteiger partial charge on any atom is 0.442 e. The highest BCUT2D eigenvalue weighted by molar-refractivity contribution is 5.21. The highest BCUT2D eigenvalue weighted by Crippen LogP contribution is 2.10. The monoisotopic (exact) mass is 441 g/mol. The van der Waals surface area contributed by atoms with Gasteiger partial charge >= 0.3 is 28.7 Å². The second kappa shape index (κ2) is 7.74. The number of halogens is 1. The summed E-state index contributed by atoms with van der Waals surface area (Å²) in [7, 11) is 0. The molecule has 2 heterocycles. The molecule has 0 saturated carbocycles. The lowest BCUT2D eigenvalue weighted by molar-refractivity contribution is -0.636. The molecule has 0 spiro atoms. The number of furan rings is 2. The summed E-state index contributed by atoms with van der Waals surface area (Å²) in [5, 5.41) is 0. The van der Waals surface area contributed by atoms with E-state index in [9.17, 15) is 0 Å². The van der Waals surface area contributed by atoms with Gasteiger partial charge in [-0.25, -0.2) is 0 Å². The number of rotatable bonds is 6. The smallest absolute Gasteiger partial charge is 0.423 e. The van der Waals surface area contributed by atoms with Crippen molar-refractivity contribution in [1.82, 2.24) is 0 Å². The summed E-state index contributed by atoms with van der Waals surface area (Å²) in [4.78, 5) is 0. The molecule has 2 aromatic heterocycles. The van der Waals surface area contributed by atoms with Crippen molar-refractivity contribution in [1.29, 1.82) is 0 Å². The van der Waals surface area contributed by atoms with E-state index in [1.54, 1.807) is 0 Å². The van der Waals surface area contributed by atoms with Gasteiger partial charge < -0.3 is 8.83 Å². The Balaban J connectivity index is 1.39. The van der Waals surface area contributed by atoms with E-state index in [-0.39, 0.29) is 0 Å². The van der Waals surface area contributed by atoms with Crippen molar-refractivity contribution in [3.05, 3.63) is 115 Å². The number of benzene rings is 2. The van der Waals surface area contributed by atoms with Gasteiger partial charge in [0.2, 0.25) is 0 Å². The molecule has 25 heavy (non-hydrogen) atoms. The third-order valence-electron chi connectivity index (χ3n) is 3.89. The first-order valence-corrected chi connectivity index (χ1v) is 10.4. The minimum absolute atomic E-state index is 0.415. The van der Waals surface area contributed by atoms with Crippen LogP contribution in [0.1, 0.15) is 22.6 Å². The minimum atomic E-state index is -0.415. The molecule has 124 valence electrons. The maximum absolute atomic E-state index is 6.01. The summed E-state index contributed by atoms with van der Waals surface area (Å²) in [6.07, 6.45) is 1.67. The van der Waals surface area contributed by atoms with Gasteiger partial charge in [0.25, 0.3) is 0 Å². The lowest BCUT2D eigenvalue weighted by atomic mass is 10.1. The Morgan fingerprint density at radius 3 is 1.40 bits per heavy atom. The predicted octanol–water partition coefficient (Wildman–Crippen LogP) is 2.18. The fourth-order valence-electron chi connectivity index (χ4n) is 2.68. The Morgan fingerprint density at radius 2 is 0.960 bits per heavy atom. The van der Waals surface area contributed by atoms with Gasteiger partial charge in [0.15, 0.2) is 0 Å². The summed E-state index contributed by atoms with van der Waals surface area (Å²) in [6.45, 7) is 0. The summed E-state index contributed by atoms with van der Waals surface area (Å²) in [5.74, 6) is 2.02. The van der Waals surface area contributed by atoms with E-state index in [1.807, 2.05) is 12.1 Å². The molecule has 4 aromatic rings. The second-order valence-electron chi connectivity index (χ2n) is 5.83. The van der Waals surface area contributed by atoms with Crippen molar-refractivity contribution >= 4 is 0 Å². The Kier molecular flexibility index (Phi) is 5.02. The fourth-order valence-corrected chi connectivity index (χ4v) is 4.71. The number of hydrogen-bond donors (Lipinski definition) is 0. The lowest BCUT2D eigenvalue weighted by Crippen LogP contribution is -3.61. The van der Waals surface area contributed by atoms with E-state index in [0.29, 0.717) is 0 Å². The van der Waals surface area contributed by atoms with Crippen molar-refractivity contribution in [3.8, 4) is 0 Å². The first-order valence-electron chi connectivity index (χ1n) is 8.25. The molecule has 0 bridgehead atoms. The molecule has 0 aliphatic heterocycles. The molecule has 0 fully saturated rings. The third kappa shape index (κ3) is 4.42. The van der Waals surface area contributed by atoms with Crippen molar-refractivity contribution in [2.45, 2.75) is 12.8 Å². The molecule has 0 N–H and O–H groups in total. The van der Waals surface area contributed by atoms with E-state index < -0.39 is 21.2 Å². The van der Waals surface area contributed by atoms with Gasteiger partial charge in [-0.3, -0.25) is 0 Å². The zero-order valence-corrected chi connectivity index (χ0v) is 15.8. The van der Waals surface area contributed by atoms with Crippen molar-refractivity contribution < 1.29 is 30.0 Å². The van der Waals surface area contributed by atoms with Gasteiger partial charge in [-0.05, 0) is 23.3 Å². The highest BCUT2D eigenvalue weighted by Gasteiger charge is 2.24. The van der Waals surface area contributed by atoms with Gasteiger partial charge in [0.05, 0.1) is 0 Å². The predicted molar refractivity (Wildman–Crippen MR) is 93.3 cm³/mol. The van der Waals surface area contributed by atoms with E-state index in [1.165, 1.54) is 11.1 Å². The molecule has 0 atom stereocenters. The summed E-state index contributed by atoms with van der Waals surface area (Å²) in [5.41, 5.74) is 2.54. The van der Waals surface area contributed by atoms with E-state index in [4.69, 9.17) is 8.83 Å². The first-order chi connectivity index (χ1) is 12.3. The van der Waals surface area contributed by atoms with Gasteiger partial charge in [-0.1, -0.05) is 60.7 Å². The van der Waals surface area contributed by atoms with Gasteiger partial charge in [-0.2, -0.15) is 0 Å². The third-order valence-corrected chi connectivity index (χ3v) is 6.11. The Morgan fingerprint density at radius 1 is 0.520 bits per heavy atom. The Hall–Kier alpha value is -2.27. The largest absolute Gasteiger partial charge is 0.442 e. The quantitative estimate of drug-likeness (QED) is 0.429. The summed E-state index contributed by atoms with van der Waals surface area (Å²) >= 11 is -0.415. The molecule has 2 nitrogen and oxygen atoms in total. The van der Waals surface area contributed by atoms with Gasteiger partial charge in [-0.15, -0.1) is 0 Å². The molecule has 0 radical (unpaired) electrons. The van der Waals surface area contributed by atoms with Crippen molar-refractivity contribution in [2.75, 3.05) is 0 Å². The van der Waals surface area contributed by atoms with Crippen LogP contribution in [0, 0.1) is 7.53 Å². The molecule has 4 rings (SSSR count). The van der Waals surface area contributed by atoms with Crippen LogP contribution in [0.5, 0.6) is 0 Å². The molecule has 0 saturated heterocycles. The molecule has 0 aliphatic carbocycles. The van der Waals surface area contributed by atoms with Crippen LogP contribution in [0.4, 0.5) is 0 Å². The Bertz CT molecular complexity index is 845. The van der Waals surface area contributed by atoms with Gasteiger partial charge in [0.1, 0.15) is 11.5 Å². The standard InChI is InChI=1S/C22H18IO2/c1-3-7-17(8-4-1)15-19-11-13-21(24-19)23-22-14-12-20(25-22)16-18-9-5-2-6-10-18/h1-14H,15-16H2/q+1. The summed E-state index contributed by atoms with van der Waals surface area (Å²) in [6, 6.07) is 29.1. The normalized spacial score (nSPS) is 10.9. The molecule has 0 aliphatic rings. The molecule has 3 heteroatoms. The van der Waals surface area contributed by atoms with Gasteiger partial charge in [0, 0.05) is 25.0 Å². The Labute approximate surface area is 157 Å². The van der Waals surface area contributed by atoms with Crippen LogP contribution in [0.2, 0.25) is 0 Å². The van der Waals surface area contributed by atoms with Crippen LogP contribution in [0.3, 0.4) is 0 Å². The van der Waals surface area contributed by atoms with Crippen LogP contribution < -0.4 is 21.2 Å². The summed E-state index contributed by atoms with van der Waals surface area (Å²) < 4.78 is 14.1. The fraction of sp³-hybridized carbons (Fsp3) is 0.0909. The molecular formula is C22H18IO2+. The van der Waals surface area contributed by atoms with Crippen molar-refractivity contribution in [2.24, 2.45) is 0 Å². The van der Waals surface area contributed by atoms with E-state index >= 15 is 0 Å². The van der Waals surface area contributed by atoms with Crippen LogP contribution in [0.25, 0.3) is 0 Å². The molecule has 0 unspecified atom stereocenters. The molecular weight excluding hydrogens is 423 g/mol. The SMILES string of the molecule is c1ccc(Cc2ccc([I+]c3ccc(Cc4ccccc4)o3)o2)cc1. The van der Waals surface area contributed by atoms with Crippen LogP contribution in [0.15, 0.2) is 93.8 Å². The molecule has 2 aromatic carbocycles. The number of hydrogen-bond acceptors (Lipinski definition) is 2.